The Labute approximate surface area is 128 Å². The lowest BCUT2D eigenvalue weighted by Gasteiger charge is -2.30. The first-order valence-electron chi connectivity index (χ1n) is 7.71. The number of aromatic nitrogens is 1. The van der Waals surface area contributed by atoms with Crippen LogP contribution in [0.4, 0.5) is 0 Å². The molecule has 21 heavy (non-hydrogen) atoms. The fourth-order valence-electron chi connectivity index (χ4n) is 2.24. The van der Waals surface area contributed by atoms with E-state index in [4.69, 9.17) is 4.52 Å². The van der Waals surface area contributed by atoms with Gasteiger partial charge in [0.05, 0.1) is 6.54 Å². The molecule has 0 atom stereocenters. The molecule has 0 fully saturated rings. The van der Waals surface area contributed by atoms with Gasteiger partial charge in [-0.15, -0.1) is 0 Å². The van der Waals surface area contributed by atoms with Crippen LogP contribution in [-0.4, -0.2) is 47.7 Å². The minimum atomic E-state index is 0.518. The van der Waals surface area contributed by atoms with Crippen molar-refractivity contribution in [3.8, 4) is 0 Å². The predicted octanol–water partition coefficient (Wildman–Crippen LogP) is 1.85. The molecule has 1 aromatic rings. The van der Waals surface area contributed by atoms with Gasteiger partial charge in [-0.05, 0) is 34.6 Å². The van der Waals surface area contributed by atoms with Crippen molar-refractivity contribution in [1.82, 2.24) is 20.7 Å². The maximum absolute atomic E-state index is 4.81. The molecule has 2 N–H and O–H groups in total. The zero-order chi connectivity index (χ0) is 15.7. The fraction of sp³-hybridized carbons (Fsp3) is 0.733. The van der Waals surface area contributed by atoms with Crippen molar-refractivity contribution in [1.29, 1.82) is 0 Å². The Morgan fingerprint density at radius 2 is 2.00 bits per heavy atom. The molecule has 0 aliphatic heterocycles. The highest BCUT2D eigenvalue weighted by Crippen LogP contribution is 2.03. The van der Waals surface area contributed by atoms with E-state index in [1.807, 2.05) is 6.07 Å². The number of guanidine groups is 1. The van der Waals surface area contributed by atoms with Crippen LogP contribution in [0.2, 0.25) is 0 Å². The zero-order valence-electron chi connectivity index (χ0n) is 13.9. The normalized spacial score (nSPS) is 12.5. The van der Waals surface area contributed by atoms with Crippen molar-refractivity contribution in [2.45, 2.75) is 53.2 Å². The van der Waals surface area contributed by atoms with E-state index >= 15 is 0 Å². The molecule has 6 nitrogen and oxygen atoms in total. The van der Waals surface area contributed by atoms with Crippen LogP contribution < -0.4 is 10.6 Å². The SMILES string of the molecule is CCNC(=NCc1ccon1)NCCN(C(C)C)C(C)C. The van der Waals surface area contributed by atoms with Gasteiger partial charge >= 0.3 is 0 Å². The summed E-state index contributed by atoms with van der Waals surface area (Å²) in [6.07, 6.45) is 1.56. The van der Waals surface area contributed by atoms with Crippen molar-refractivity contribution in [2.24, 2.45) is 4.99 Å². The number of rotatable bonds is 8. The Kier molecular flexibility index (Phi) is 7.82. The number of nitrogens with one attached hydrogen (secondary N) is 2. The van der Waals surface area contributed by atoms with Crippen LogP contribution >= 0.6 is 0 Å². The van der Waals surface area contributed by atoms with Gasteiger partial charge < -0.3 is 15.2 Å². The second-order valence-electron chi connectivity index (χ2n) is 5.54. The van der Waals surface area contributed by atoms with Gasteiger partial charge in [0.1, 0.15) is 12.0 Å². The molecular weight excluding hydrogens is 266 g/mol. The molecule has 0 saturated heterocycles. The van der Waals surface area contributed by atoms with Crippen LogP contribution in [0.15, 0.2) is 21.8 Å². The van der Waals surface area contributed by atoms with Gasteiger partial charge in [0.2, 0.25) is 0 Å². The van der Waals surface area contributed by atoms with E-state index in [1.165, 1.54) is 0 Å². The van der Waals surface area contributed by atoms with Crippen molar-refractivity contribution >= 4 is 5.96 Å². The Morgan fingerprint density at radius 3 is 2.52 bits per heavy atom. The highest BCUT2D eigenvalue weighted by molar-refractivity contribution is 5.79. The van der Waals surface area contributed by atoms with Crippen molar-refractivity contribution in [3.05, 3.63) is 18.0 Å². The highest BCUT2D eigenvalue weighted by Gasteiger charge is 2.12. The van der Waals surface area contributed by atoms with Gasteiger partial charge in [-0.2, -0.15) is 0 Å². The van der Waals surface area contributed by atoms with E-state index in [0.29, 0.717) is 18.6 Å². The summed E-state index contributed by atoms with van der Waals surface area (Å²) in [5, 5.41) is 10.5. The largest absolute Gasteiger partial charge is 0.364 e. The van der Waals surface area contributed by atoms with Gasteiger partial charge in [-0.3, -0.25) is 4.90 Å². The van der Waals surface area contributed by atoms with Gasteiger partial charge in [-0.1, -0.05) is 5.16 Å². The summed E-state index contributed by atoms with van der Waals surface area (Å²) in [6, 6.07) is 2.91. The molecule has 120 valence electrons. The molecule has 0 aliphatic rings. The summed E-state index contributed by atoms with van der Waals surface area (Å²) in [5.74, 6) is 0.813. The van der Waals surface area contributed by atoms with Gasteiger partial charge in [-0.25, -0.2) is 4.99 Å². The van der Waals surface area contributed by atoms with Crippen LogP contribution in [0, 0.1) is 0 Å². The third-order valence-electron chi connectivity index (χ3n) is 3.22. The molecule has 0 amide bonds. The summed E-state index contributed by atoms with van der Waals surface area (Å²) >= 11 is 0. The summed E-state index contributed by atoms with van der Waals surface area (Å²) < 4.78 is 4.81. The molecular formula is C15H29N5O. The average Bonchev–Trinajstić information content (AvgIpc) is 2.93. The fourth-order valence-corrected chi connectivity index (χ4v) is 2.24. The predicted molar refractivity (Wildman–Crippen MR) is 86.3 cm³/mol. The van der Waals surface area contributed by atoms with Crippen LogP contribution in [-0.2, 0) is 6.54 Å². The maximum Gasteiger partial charge on any atom is 0.191 e. The van der Waals surface area contributed by atoms with E-state index < -0.39 is 0 Å². The minimum absolute atomic E-state index is 0.518. The molecule has 1 rings (SSSR count). The monoisotopic (exact) mass is 295 g/mol. The standard InChI is InChI=1S/C15H29N5O/c1-6-16-15(18-11-14-7-10-21-19-14)17-8-9-20(12(2)3)13(4)5/h7,10,12-13H,6,8-9,11H2,1-5H3,(H2,16,17,18). The molecule has 1 heterocycles. The third kappa shape index (κ3) is 6.62. The molecule has 0 spiro atoms. The van der Waals surface area contributed by atoms with E-state index in [2.05, 4.69) is 60.3 Å². The smallest absolute Gasteiger partial charge is 0.191 e. The molecule has 0 aromatic carbocycles. The molecule has 6 heteroatoms. The first kappa shape index (κ1) is 17.5. The zero-order valence-corrected chi connectivity index (χ0v) is 13.9. The van der Waals surface area contributed by atoms with Gasteiger partial charge in [0, 0.05) is 37.8 Å². The topological polar surface area (TPSA) is 65.7 Å². The molecule has 0 bridgehead atoms. The lowest BCUT2D eigenvalue weighted by molar-refractivity contribution is 0.178. The second kappa shape index (κ2) is 9.39. The second-order valence-corrected chi connectivity index (χ2v) is 5.54. The van der Waals surface area contributed by atoms with Crippen LogP contribution in [0.5, 0.6) is 0 Å². The van der Waals surface area contributed by atoms with E-state index in [0.717, 1.165) is 31.3 Å². The molecule has 0 aliphatic carbocycles. The highest BCUT2D eigenvalue weighted by atomic mass is 16.5. The summed E-state index contributed by atoms with van der Waals surface area (Å²) in [6.45, 7) is 14.2. The first-order chi connectivity index (χ1) is 10.0. The minimum Gasteiger partial charge on any atom is -0.364 e. The number of hydrogen-bond donors (Lipinski definition) is 2. The Morgan fingerprint density at radius 1 is 1.29 bits per heavy atom. The van der Waals surface area contributed by atoms with Crippen molar-refractivity contribution in [3.63, 3.8) is 0 Å². The average molecular weight is 295 g/mol. The number of hydrogen-bond acceptors (Lipinski definition) is 4. The molecule has 1 aromatic heterocycles. The number of aliphatic imine (C=N–C) groups is 1. The lowest BCUT2D eigenvalue weighted by Crippen LogP contribution is -2.45. The van der Waals surface area contributed by atoms with Gasteiger partial charge in [0.15, 0.2) is 5.96 Å². The first-order valence-corrected chi connectivity index (χ1v) is 7.71. The maximum atomic E-state index is 4.81. The summed E-state index contributed by atoms with van der Waals surface area (Å²) in [4.78, 5) is 6.95. The lowest BCUT2D eigenvalue weighted by atomic mass is 10.2. The Bertz CT molecular complexity index is 392. The van der Waals surface area contributed by atoms with E-state index in [1.54, 1.807) is 6.26 Å². The Balaban J connectivity index is 2.45. The van der Waals surface area contributed by atoms with Crippen molar-refractivity contribution < 1.29 is 4.52 Å². The van der Waals surface area contributed by atoms with E-state index in [-0.39, 0.29) is 0 Å². The van der Waals surface area contributed by atoms with Crippen LogP contribution in [0.3, 0.4) is 0 Å². The summed E-state index contributed by atoms with van der Waals surface area (Å²) in [5.41, 5.74) is 0.832. The van der Waals surface area contributed by atoms with Crippen LogP contribution in [0.1, 0.15) is 40.3 Å². The molecule has 0 saturated carbocycles. The Hall–Kier alpha value is -1.56. The van der Waals surface area contributed by atoms with Crippen LogP contribution in [0.25, 0.3) is 0 Å². The molecule has 0 unspecified atom stereocenters. The quantitative estimate of drug-likeness (QED) is 0.566. The molecule has 0 radical (unpaired) electrons. The summed E-state index contributed by atoms with van der Waals surface area (Å²) in [7, 11) is 0. The third-order valence-corrected chi connectivity index (χ3v) is 3.22. The van der Waals surface area contributed by atoms with E-state index in [9.17, 15) is 0 Å². The van der Waals surface area contributed by atoms with Gasteiger partial charge in [0.25, 0.3) is 0 Å². The van der Waals surface area contributed by atoms with Crippen molar-refractivity contribution in [2.75, 3.05) is 19.6 Å². The number of nitrogens with zero attached hydrogens (tertiary/aromatic N) is 3.